The van der Waals surface area contributed by atoms with Crippen molar-refractivity contribution in [3.05, 3.63) is 33.5 Å². The first-order valence-corrected chi connectivity index (χ1v) is 12.0. The van der Waals surface area contributed by atoms with Crippen LogP contribution in [0.5, 0.6) is 0 Å². The Morgan fingerprint density at radius 2 is 2.05 bits per heavy atom. The summed E-state index contributed by atoms with van der Waals surface area (Å²) in [7, 11) is 0.324. The molecule has 4 nitrogen and oxygen atoms in total. The largest absolute Gasteiger partial charge is 0.465 e. The van der Waals surface area contributed by atoms with Crippen molar-refractivity contribution in [3.8, 4) is 0 Å². The Hall–Kier alpha value is -0.863. The summed E-state index contributed by atoms with van der Waals surface area (Å²) in [4.78, 5) is 12.0. The van der Waals surface area contributed by atoms with Crippen LogP contribution in [-0.4, -0.2) is 32.3 Å². The number of carbonyl (C=O) groups excluding carboxylic acids is 1. The number of hydrogen-bond acceptors (Lipinski definition) is 3. The highest BCUT2D eigenvalue weighted by Gasteiger charge is 2.16. The van der Waals surface area contributed by atoms with E-state index >= 15 is 0 Å². The highest BCUT2D eigenvalue weighted by molar-refractivity contribution is 14.1. The molecule has 0 spiro atoms. The first-order valence-electron chi connectivity index (χ1n) is 7.26. The third-order valence-electron chi connectivity index (χ3n) is 3.46. The first kappa shape index (κ1) is 17.5. The number of fused-ring (bicyclic) bond motifs is 1. The molecule has 0 bridgehead atoms. The van der Waals surface area contributed by atoms with Crippen molar-refractivity contribution in [2.75, 3.05) is 13.7 Å². The van der Waals surface area contributed by atoms with Crippen molar-refractivity contribution in [1.29, 1.82) is 0 Å². The minimum atomic E-state index is -1.08. The van der Waals surface area contributed by atoms with Gasteiger partial charge in [-0.25, -0.2) is 4.79 Å². The molecule has 1 aromatic heterocycles. The van der Waals surface area contributed by atoms with Crippen LogP contribution in [0.3, 0.4) is 0 Å². The monoisotopic (exact) mass is 431 g/mol. The molecular formula is C16H22INO3Si. The minimum absolute atomic E-state index is 0.314. The second-order valence-corrected chi connectivity index (χ2v) is 13.4. The van der Waals surface area contributed by atoms with Crippen molar-refractivity contribution >= 4 is 47.5 Å². The molecule has 0 aliphatic carbocycles. The summed E-state index contributed by atoms with van der Waals surface area (Å²) in [6, 6.07) is 7.05. The molecule has 0 aliphatic heterocycles. The molecule has 0 amide bonds. The highest BCUT2D eigenvalue weighted by atomic mass is 127. The van der Waals surface area contributed by atoms with E-state index in [-0.39, 0.29) is 5.97 Å². The van der Waals surface area contributed by atoms with Crippen molar-refractivity contribution in [3.63, 3.8) is 0 Å². The molecular weight excluding hydrogens is 409 g/mol. The van der Waals surface area contributed by atoms with Gasteiger partial charge in [0.2, 0.25) is 0 Å². The van der Waals surface area contributed by atoms with Gasteiger partial charge in [0.15, 0.2) is 0 Å². The number of ether oxygens (including phenoxy) is 2. The van der Waals surface area contributed by atoms with Gasteiger partial charge in [0.25, 0.3) is 0 Å². The Balaban J connectivity index is 2.22. The van der Waals surface area contributed by atoms with E-state index in [2.05, 4.69) is 48.3 Å². The summed E-state index contributed by atoms with van der Waals surface area (Å²) in [6.45, 7) is 8.21. The number of hydrogen-bond donors (Lipinski definition) is 0. The number of benzene rings is 1. The topological polar surface area (TPSA) is 40.5 Å². The zero-order chi connectivity index (χ0) is 16.3. The van der Waals surface area contributed by atoms with Gasteiger partial charge in [-0.05, 0) is 46.8 Å². The SMILES string of the molecule is COC(=O)c1cc(I)cc2ccn(COCC[Si](C)(C)C)c12. The van der Waals surface area contributed by atoms with E-state index in [4.69, 9.17) is 9.47 Å². The smallest absolute Gasteiger partial charge is 0.340 e. The average Bonchev–Trinajstić information content (AvgIpc) is 2.83. The zero-order valence-corrected chi connectivity index (χ0v) is 16.6. The molecule has 2 rings (SSSR count). The van der Waals surface area contributed by atoms with E-state index in [9.17, 15) is 4.79 Å². The maximum atomic E-state index is 12.0. The summed E-state index contributed by atoms with van der Waals surface area (Å²) >= 11 is 2.21. The fraction of sp³-hybridized carbons (Fsp3) is 0.438. The summed E-state index contributed by atoms with van der Waals surface area (Å²) in [5.74, 6) is -0.314. The average molecular weight is 431 g/mol. The number of aromatic nitrogens is 1. The molecule has 120 valence electrons. The van der Waals surface area contributed by atoms with Crippen molar-refractivity contribution in [2.24, 2.45) is 0 Å². The summed E-state index contributed by atoms with van der Waals surface area (Å²) in [5, 5.41) is 1.03. The van der Waals surface area contributed by atoms with E-state index < -0.39 is 8.07 Å². The van der Waals surface area contributed by atoms with Crippen molar-refractivity contribution < 1.29 is 14.3 Å². The van der Waals surface area contributed by atoms with Gasteiger partial charge in [-0.15, -0.1) is 0 Å². The van der Waals surface area contributed by atoms with E-state index in [0.717, 1.165) is 27.1 Å². The van der Waals surface area contributed by atoms with Crippen LogP contribution < -0.4 is 0 Å². The molecule has 0 saturated carbocycles. The number of nitrogens with zero attached hydrogens (tertiary/aromatic N) is 1. The Kier molecular flexibility index (Phi) is 5.68. The Morgan fingerprint density at radius 1 is 1.32 bits per heavy atom. The number of methoxy groups -OCH3 is 1. The van der Waals surface area contributed by atoms with Crippen LogP contribution in [0, 0.1) is 3.57 Å². The molecule has 0 unspecified atom stereocenters. The molecule has 0 atom stereocenters. The lowest BCUT2D eigenvalue weighted by Gasteiger charge is -2.16. The van der Waals surface area contributed by atoms with E-state index in [1.54, 1.807) is 0 Å². The summed E-state index contributed by atoms with van der Waals surface area (Å²) < 4.78 is 13.7. The molecule has 0 N–H and O–H groups in total. The summed E-state index contributed by atoms with van der Waals surface area (Å²) in [5.41, 5.74) is 1.46. The van der Waals surface area contributed by atoms with Crippen LogP contribution in [0.1, 0.15) is 10.4 Å². The quantitative estimate of drug-likeness (QED) is 0.296. The highest BCUT2D eigenvalue weighted by Crippen LogP contribution is 2.24. The Morgan fingerprint density at radius 3 is 2.68 bits per heavy atom. The summed E-state index contributed by atoms with van der Waals surface area (Å²) in [6.07, 6.45) is 1.96. The zero-order valence-electron chi connectivity index (χ0n) is 13.5. The predicted octanol–water partition coefficient (Wildman–Crippen LogP) is 4.34. The standard InChI is InChI=1S/C16H22INO3Si/c1-20-16(19)14-10-13(17)9-12-5-6-18(15(12)14)11-21-7-8-22(2,3)4/h5-6,9-10H,7-8,11H2,1-4H3. The Bertz CT molecular complexity index is 676. The second kappa shape index (κ2) is 7.14. The van der Waals surface area contributed by atoms with E-state index in [0.29, 0.717) is 12.3 Å². The number of carbonyl (C=O) groups is 1. The maximum absolute atomic E-state index is 12.0. The second-order valence-electron chi connectivity index (χ2n) is 6.52. The molecule has 22 heavy (non-hydrogen) atoms. The first-order chi connectivity index (χ1) is 10.3. The lowest BCUT2D eigenvalue weighted by molar-refractivity contribution is 0.0600. The molecule has 0 aliphatic rings. The van der Waals surface area contributed by atoms with Gasteiger partial charge in [0.05, 0.1) is 18.2 Å². The molecule has 0 radical (unpaired) electrons. The van der Waals surface area contributed by atoms with Crippen LogP contribution in [0.25, 0.3) is 10.9 Å². The Labute approximate surface area is 145 Å². The third-order valence-corrected chi connectivity index (χ3v) is 5.78. The molecule has 6 heteroatoms. The maximum Gasteiger partial charge on any atom is 0.340 e. The molecule has 1 heterocycles. The lowest BCUT2D eigenvalue weighted by atomic mass is 10.1. The van der Waals surface area contributed by atoms with E-state index in [1.165, 1.54) is 7.11 Å². The van der Waals surface area contributed by atoms with Gasteiger partial charge in [-0.3, -0.25) is 0 Å². The molecule has 2 aromatic rings. The lowest BCUT2D eigenvalue weighted by Crippen LogP contribution is -2.22. The van der Waals surface area contributed by atoms with E-state index in [1.807, 2.05) is 22.9 Å². The molecule has 0 saturated heterocycles. The van der Waals surface area contributed by atoms with Gasteiger partial charge < -0.3 is 14.0 Å². The van der Waals surface area contributed by atoms with Gasteiger partial charge in [-0.2, -0.15) is 0 Å². The predicted molar refractivity (Wildman–Crippen MR) is 100 cm³/mol. The number of esters is 1. The minimum Gasteiger partial charge on any atom is -0.465 e. The van der Waals surface area contributed by atoms with Gasteiger partial charge >= 0.3 is 5.97 Å². The van der Waals surface area contributed by atoms with Crippen LogP contribution in [0.15, 0.2) is 24.4 Å². The number of rotatable bonds is 6. The fourth-order valence-corrected chi connectivity index (χ4v) is 3.63. The van der Waals surface area contributed by atoms with Crippen LogP contribution in [-0.2, 0) is 16.2 Å². The van der Waals surface area contributed by atoms with Crippen LogP contribution >= 0.6 is 22.6 Å². The van der Waals surface area contributed by atoms with Crippen molar-refractivity contribution in [2.45, 2.75) is 32.4 Å². The molecule has 0 fully saturated rings. The van der Waals surface area contributed by atoms with Crippen molar-refractivity contribution in [1.82, 2.24) is 4.57 Å². The number of halogens is 1. The van der Waals surface area contributed by atoms with Crippen LogP contribution in [0.2, 0.25) is 25.7 Å². The van der Waals surface area contributed by atoms with Crippen LogP contribution in [0.4, 0.5) is 0 Å². The van der Waals surface area contributed by atoms with Gasteiger partial charge in [-0.1, -0.05) is 19.6 Å². The van der Waals surface area contributed by atoms with Gasteiger partial charge in [0, 0.05) is 29.8 Å². The third kappa shape index (κ3) is 4.33. The normalized spacial score (nSPS) is 11.9. The fourth-order valence-electron chi connectivity index (χ4n) is 2.23. The van der Waals surface area contributed by atoms with Gasteiger partial charge in [0.1, 0.15) is 6.73 Å². The molecule has 1 aromatic carbocycles.